The number of benzene rings is 1. The summed E-state index contributed by atoms with van der Waals surface area (Å²) in [6.45, 7) is 3.87. The molecule has 0 aromatic heterocycles. The smallest absolute Gasteiger partial charge is 0.233 e. The predicted octanol–water partition coefficient (Wildman–Crippen LogP) is 1.82. The van der Waals surface area contributed by atoms with E-state index in [1.54, 1.807) is 0 Å². The Morgan fingerprint density at radius 2 is 2.06 bits per heavy atom. The highest BCUT2D eigenvalue weighted by atomic mass is 16.1. The molecule has 3 heteroatoms. The van der Waals surface area contributed by atoms with Crippen molar-refractivity contribution in [1.29, 1.82) is 0 Å². The molecule has 0 bridgehead atoms. The van der Waals surface area contributed by atoms with E-state index in [0.29, 0.717) is 13.1 Å². The number of rotatable bonds is 7. The van der Waals surface area contributed by atoms with Gasteiger partial charge in [0.15, 0.2) is 0 Å². The summed E-state index contributed by atoms with van der Waals surface area (Å²) in [4.78, 5) is 11.2. The minimum absolute atomic E-state index is 0.0555. The molecule has 0 heterocycles. The van der Waals surface area contributed by atoms with Gasteiger partial charge in [-0.2, -0.15) is 0 Å². The second kappa shape index (κ2) is 8.53. The molecular weight excluding hydrogens is 212 g/mol. The maximum atomic E-state index is 11.2. The van der Waals surface area contributed by atoms with Crippen molar-refractivity contribution < 1.29 is 4.79 Å². The van der Waals surface area contributed by atoms with E-state index < -0.39 is 0 Å². The summed E-state index contributed by atoms with van der Waals surface area (Å²) < 4.78 is 0. The molecule has 1 aromatic carbocycles. The highest BCUT2D eigenvalue weighted by molar-refractivity contribution is 5.77. The van der Waals surface area contributed by atoms with Crippen molar-refractivity contribution in [3.05, 3.63) is 42.0 Å². The third-order valence-electron chi connectivity index (χ3n) is 2.23. The Labute approximate surface area is 103 Å². The first-order valence-corrected chi connectivity index (χ1v) is 6.02. The van der Waals surface area contributed by atoms with Crippen LogP contribution in [0.2, 0.25) is 0 Å². The monoisotopic (exact) mass is 232 g/mol. The Hall–Kier alpha value is -1.61. The van der Waals surface area contributed by atoms with Gasteiger partial charge in [-0.3, -0.25) is 4.79 Å². The number of carbonyl (C=O) groups is 1. The van der Waals surface area contributed by atoms with Gasteiger partial charge in [0.1, 0.15) is 0 Å². The van der Waals surface area contributed by atoms with E-state index in [4.69, 9.17) is 0 Å². The van der Waals surface area contributed by atoms with Crippen LogP contribution in [0.1, 0.15) is 18.9 Å². The predicted molar refractivity (Wildman–Crippen MR) is 71.6 cm³/mol. The van der Waals surface area contributed by atoms with Crippen LogP contribution in [0.25, 0.3) is 6.08 Å². The zero-order chi connectivity index (χ0) is 12.3. The largest absolute Gasteiger partial charge is 0.355 e. The lowest BCUT2D eigenvalue weighted by Crippen LogP contribution is -2.34. The molecule has 0 spiro atoms. The van der Waals surface area contributed by atoms with Crippen LogP contribution in [0.15, 0.2) is 36.4 Å². The molecule has 0 atom stereocenters. The van der Waals surface area contributed by atoms with Gasteiger partial charge >= 0.3 is 0 Å². The van der Waals surface area contributed by atoms with E-state index in [1.165, 1.54) is 5.56 Å². The third kappa shape index (κ3) is 6.53. The first kappa shape index (κ1) is 13.5. The highest BCUT2D eigenvalue weighted by Crippen LogP contribution is 1.99. The highest BCUT2D eigenvalue weighted by Gasteiger charge is 1.96. The van der Waals surface area contributed by atoms with E-state index in [0.717, 1.165) is 13.0 Å². The SMILES string of the molecule is CCCNC(=O)CNC/C=C/c1ccccc1. The molecule has 1 rings (SSSR count). The molecule has 0 fully saturated rings. The second-order valence-corrected chi connectivity index (χ2v) is 3.79. The van der Waals surface area contributed by atoms with Crippen LogP contribution in [0.4, 0.5) is 0 Å². The van der Waals surface area contributed by atoms with Gasteiger partial charge in [-0.15, -0.1) is 0 Å². The molecule has 0 saturated heterocycles. The van der Waals surface area contributed by atoms with Gasteiger partial charge < -0.3 is 10.6 Å². The van der Waals surface area contributed by atoms with Crippen LogP contribution in [0.3, 0.4) is 0 Å². The molecule has 1 amide bonds. The van der Waals surface area contributed by atoms with Gasteiger partial charge in [0.2, 0.25) is 5.91 Å². The summed E-state index contributed by atoms with van der Waals surface area (Å²) in [5.74, 6) is 0.0555. The Morgan fingerprint density at radius 1 is 1.29 bits per heavy atom. The summed E-state index contributed by atoms with van der Waals surface area (Å²) in [5, 5.41) is 5.88. The van der Waals surface area contributed by atoms with Crippen LogP contribution in [-0.2, 0) is 4.79 Å². The minimum atomic E-state index is 0.0555. The molecule has 0 radical (unpaired) electrons. The molecule has 0 aliphatic heterocycles. The Bertz CT molecular complexity index is 346. The average Bonchev–Trinajstić information content (AvgIpc) is 2.37. The molecule has 17 heavy (non-hydrogen) atoms. The molecule has 92 valence electrons. The second-order valence-electron chi connectivity index (χ2n) is 3.79. The molecule has 0 aliphatic carbocycles. The summed E-state index contributed by atoms with van der Waals surface area (Å²) >= 11 is 0. The molecule has 3 nitrogen and oxygen atoms in total. The zero-order valence-electron chi connectivity index (χ0n) is 10.3. The number of carbonyl (C=O) groups excluding carboxylic acids is 1. The van der Waals surface area contributed by atoms with Crippen LogP contribution >= 0.6 is 0 Å². The average molecular weight is 232 g/mol. The first-order chi connectivity index (χ1) is 8.33. The molecule has 0 unspecified atom stereocenters. The Morgan fingerprint density at radius 3 is 2.76 bits per heavy atom. The lowest BCUT2D eigenvalue weighted by atomic mass is 10.2. The molecule has 0 aliphatic rings. The van der Waals surface area contributed by atoms with Crippen LogP contribution in [0, 0.1) is 0 Å². The van der Waals surface area contributed by atoms with E-state index in [1.807, 2.05) is 49.4 Å². The number of hydrogen-bond donors (Lipinski definition) is 2. The van der Waals surface area contributed by atoms with Crippen molar-refractivity contribution in [3.8, 4) is 0 Å². The number of hydrogen-bond acceptors (Lipinski definition) is 2. The molecule has 2 N–H and O–H groups in total. The standard InChI is InChI=1S/C14H20N2O/c1-2-10-16-14(17)12-15-11-6-9-13-7-4-3-5-8-13/h3-9,15H,2,10-12H2,1H3,(H,16,17)/b9-6+. The first-order valence-electron chi connectivity index (χ1n) is 6.02. The minimum Gasteiger partial charge on any atom is -0.355 e. The van der Waals surface area contributed by atoms with Crippen molar-refractivity contribution in [2.75, 3.05) is 19.6 Å². The van der Waals surface area contributed by atoms with E-state index >= 15 is 0 Å². The van der Waals surface area contributed by atoms with Gasteiger partial charge in [-0.25, -0.2) is 0 Å². The lowest BCUT2D eigenvalue weighted by molar-refractivity contribution is -0.120. The normalized spacial score (nSPS) is 10.6. The Kier molecular flexibility index (Phi) is 6.75. The van der Waals surface area contributed by atoms with Crippen LogP contribution < -0.4 is 10.6 Å². The van der Waals surface area contributed by atoms with Crippen molar-refractivity contribution in [3.63, 3.8) is 0 Å². The van der Waals surface area contributed by atoms with E-state index in [-0.39, 0.29) is 5.91 Å². The van der Waals surface area contributed by atoms with Crippen molar-refractivity contribution in [2.24, 2.45) is 0 Å². The number of nitrogens with one attached hydrogen (secondary N) is 2. The van der Waals surface area contributed by atoms with E-state index in [2.05, 4.69) is 10.6 Å². The summed E-state index contributed by atoms with van der Waals surface area (Å²) in [6.07, 6.45) is 5.03. The van der Waals surface area contributed by atoms with Crippen molar-refractivity contribution >= 4 is 12.0 Å². The third-order valence-corrected chi connectivity index (χ3v) is 2.23. The fraction of sp³-hybridized carbons (Fsp3) is 0.357. The van der Waals surface area contributed by atoms with Crippen LogP contribution in [-0.4, -0.2) is 25.5 Å². The lowest BCUT2D eigenvalue weighted by Gasteiger charge is -2.03. The summed E-state index contributed by atoms with van der Waals surface area (Å²) in [5.41, 5.74) is 1.17. The van der Waals surface area contributed by atoms with Gasteiger partial charge in [-0.05, 0) is 12.0 Å². The van der Waals surface area contributed by atoms with E-state index in [9.17, 15) is 4.79 Å². The quantitative estimate of drug-likeness (QED) is 0.704. The van der Waals surface area contributed by atoms with Crippen molar-refractivity contribution in [2.45, 2.75) is 13.3 Å². The molecule has 0 saturated carbocycles. The number of amides is 1. The maximum absolute atomic E-state index is 11.2. The fourth-order valence-corrected chi connectivity index (χ4v) is 1.36. The Balaban J connectivity index is 2.12. The summed E-state index contributed by atoms with van der Waals surface area (Å²) in [6, 6.07) is 10.1. The maximum Gasteiger partial charge on any atom is 0.233 e. The zero-order valence-corrected chi connectivity index (χ0v) is 10.3. The summed E-state index contributed by atoms with van der Waals surface area (Å²) in [7, 11) is 0. The van der Waals surface area contributed by atoms with Gasteiger partial charge in [0.05, 0.1) is 6.54 Å². The molecule has 1 aromatic rings. The van der Waals surface area contributed by atoms with Gasteiger partial charge in [0, 0.05) is 13.1 Å². The van der Waals surface area contributed by atoms with Crippen LogP contribution in [0.5, 0.6) is 0 Å². The van der Waals surface area contributed by atoms with Crippen molar-refractivity contribution in [1.82, 2.24) is 10.6 Å². The fourth-order valence-electron chi connectivity index (χ4n) is 1.36. The van der Waals surface area contributed by atoms with Gasteiger partial charge in [0.25, 0.3) is 0 Å². The van der Waals surface area contributed by atoms with Gasteiger partial charge in [-0.1, -0.05) is 49.4 Å². The topological polar surface area (TPSA) is 41.1 Å². The molecular formula is C14H20N2O.